The summed E-state index contributed by atoms with van der Waals surface area (Å²) in [5, 5.41) is 4.39. The first kappa shape index (κ1) is 40.4. The number of piperidine rings is 2. The van der Waals surface area contributed by atoms with Crippen molar-refractivity contribution in [1.29, 1.82) is 0 Å². The highest BCUT2D eigenvalue weighted by Gasteiger charge is 2.46. The van der Waals surface area contributed by atoms with Crippen LogP contribution in [0.15, 0.2) is 54.6 Å². The zero-order valence-electron chi connectivity index (χ0n) is 30.1. The van der Waals surface area contributed by atoms with Crippen LogP contribution in [0.5, 0.6) is 0 Å². The summed E-state index contributed by atoms with van der Waals surface area (Å²) < 4.78 is 70.0. The molecule has 3 saturated heterocycles. The van der Waals surface area contributed by atoms with Crippen LogP contribution >= 0.6 is 23.2 Å². The summed E-state index contributed by atoms with van der Waals surface area (Å²) in [6, 6.07) is 10.4. The average Bonchev–Trinajstić information content (AvgIpc) is 3.42. The number of carbonyl (C=O) groups is 5. The highest BCUT2D eigenvalue weighted by atomic mass is 35.5. The first-order valence-electron chi connectivity index (χ1n) is 18.1. The lowest BCUT2D eigenvalue weighted by Crippen LogP contribution is -2.54. The number of hydrogen-bond acceptors (Lipinski definition) is 9. The number of anilines is 3. The maximum atomic E-state index is 13.6. The molecule has 0 spiro atoms. The summed E-state index contributed by atoms with van der Waals surface area (Å²) in [6.45, 7) is 3.59. The summed E-state index contributed by atoms with van der Waals surface area (Å²) in [6.07, 6.45) is -3.40. The zero-order chi connectivity index (χ0) is 40.8. The summed E-state index contributed by atoms with van der Waals surface area (Å²) in [5.41, 5.74) is -0.286. The van der Waals surface area contributed by atoms with Crippen molar-refractivity contribution in [2.75, 3.05) is 60.8 Å². The van der Waals surface area contributed by atoms with Gasteiger partial charge in [0.2, 0.25) is 11.8 Å². The fraction of sp³-hybridized carbons (Fsp3) is 0.378. The number of alkyl halides is 3. The van der Waals surface area contributed by atoms with Crippen molar-refractivity contribution in [2.45, 2.75) is 37.9 Å². The third-order valence-corrected chi connectivity index (χ3v) is 12.7. The number of nitrogens with one attached hydrogen (secondary N) is 3. The molecule has 0 aromatic heterocycles. The molecule has 3 aromatic carbocycles. The molecule has 4 aliphatic heterocycles. The zero-order valence-corrected chi connectivity index (χ0v) is 32.4. The molecular weight excluding hydrogens is 814 g/mol. The van der Waals surface area contributed by atoms with Crippen molar-refractivity contribution in [3.8, 4) is 0 Å². The smallest absolute Gasteiger partial charge is 0.368 e. The lowest BCUT2D eigenvalue weighted by molar-refractivity contribution is -0.138. The number of carbonyl (C=O) groups excluding carboxylic acids is 5. The van der Waals surface area contributed by atoms with Crippen molar-refractivity contribution < 1.29 is 45.6 Å². The number of halogens is 5. The van der Waals surface area contributed by atoms with Gasteiger partial charge in [-0.1, -0.05) is 29.3 Å². The van der Waals surface area contributed by atoms with Crippen molar-refractivity contribution in [2.24, 2.45) is 5.92 Å². The van der Waals surface area contributed by atoms with Gasteiger partial charge in [0.15, 0.2) is 0 Å². The van der Waals surface area contributed by atoms with E-state index < -0.39 is 57.5 Å². The van der Waals surface area contributed by atoms with Gasteiger partial charge >= 0.3 is 16.4 Å². The van der Waals surface area contributed by atoms with E-state index in [0.717, 1.165) is 23.6 Å². The highest BCUT2D eigenvalue weighted by Crippen LogP contribution is 2.36. The van der Waals surface area contributed by atoms with Crippen LogP contribution in [0.25, 0.3) is 0 Å². The molecule has 4 heterocycles. The van der Waals surface area contributed by atoms with E-state index >= 15 is 0 Å². The summed E-state index contributed by atoms with van der Waals surface area (Å²) >= 11 is 12.1. The van der Waals surface area contributed by atoms with Crippen LogP contribution in [-0.2, 0) is 26.0 Å². The molecule has 7 rings (SSSR count). The first-order chi connectivity index (χ1) is 27.0. The third kappa shape index (κ3) is 8.46. The van der Waals surface area contributed by atoms with Gasteiger partial charge in [-0.05, 0) is 73.7 Å². The van der Waals surface area contributed by atoms with Crippen molar-refractivity contribution in [1.82, 2.24) is 19.4 Å². The maximum absolute atomic E-state index is 13.6. The fourth-order valence-corrected chi connectivity index (χ4v) is 9.29. The van der Waals surface area contributed by atoms with Crippen LogP contribution in [-0.4, -0.2) is 104 Å². The molecule has 0 bridgehead atoms. The highest BCUT2D eigenvalue weighted by molar-refractivity contribution is 7.90. The van der Waals surface area contributed by atoms with Crippen LogP contribution in [0, 0.1) is 5.92 Å². The molecule has 5 amide bonds. The molecule has 302 valence electrons. The number of fused-ring (bicyclic) bond motifs is 1. The van der Waals surface area contributed by atoms with Gasteiger partial charge in [0.05, 0.1) is 44.3 Å². The minimum absolute atomic E-state index is 0.0321. The summed E-state index contributed by atoms with van der Waals surface area (Å²) in [4.78, 5) is 69.6. The number of nitrogens with zero attached hydrogens (tertiary/aromatic N) is 4. The van der Waals surface area contributed by atoms with Crippen LogP contribution in [0.1, 0.15) is 62.3 Å². The minimum Gasteiger partial charge on any atom is -0.368 e. The van der Waals surface area contributed by atoms with Crippen LogP contribution in [0.4, 0.5) is 30.2 Å². The summed E-state index contributed by atoms with van der Waals surface area (Å²) in [7, 11) is -4.14. The Bertz CT molecular complexity index is 2260. The average molecular weight is 851 g/mol. The number of benzene rings is 3. The van der Waals surface area contributed by atoms with E-state index in [0.29, 0.717) is 50.8 Å². The number of hydrogen-bond donors (Lipinski definition) is 3. The minimum atomic E-state index is -4.64. The fourth-order valence-electron chi connectivity index (χ4n) is 7.61. The van der Waals surface area contributed by atoms with E-state index in [1.807, 2.05) is 4.90 Å². The second-order valence-electron chi connectivity index (χ2n) is 14.2. The van der Waals surface area contributed by atoms with Crippen LogP contribution in [0.2, 0.25) is 10.0 Å². The maximum Gasteiger partial charge on any atom is 0.416 e. The molecule has 20 heteroatoms. The Kier molecular flexibility index (Phi) is 11.3. The standard InChI is InChI=1S/C37H36Cl2F3N7O7S/c38-23-5-7-27(25(19-23)33(51)43-28-6-4-22(18-26(28)39)37(40,41)42)45-57(55,56)48-12-10-21(11-13-48)20-46-14-16-47(17-15-46)29-3-1-2-24-32(29)36(54)49(35(24)53)30-8-9-31(50)44-34(30)52/h1-7,18-19,21,30,45H,8-17,20H2,(H,43,51)(H,44,50,52). The van der Waals surface area contributed by atoms with Crippen molar-refractivity contribution in [3.05, 3.63) is 86.9 Å². The third-order valence-electron chi connectivity index (χ3n) is 10.6. The molecular formula is C37H36Cl2F3N7O7S. The van der Waals surface area contributed by atoms with Gasteiger partial charge in [-0.15, -0.1) is 0 Å². The normalized spacial score (nSPS) is 20.1. The van der Waals surface area contributed by atoms with Gasteiger partial charge in [-0.3, -0.25) is 43.8 Å². The molecule has 57 heavy (non-hydrogen) atoms. The van der Waals surface area contributed by atoms with E-state index in [1.54, 1.807) is 18.2 Å². The Labute approximate surface area is 335 Å². The van der Waals surface area contributed by atoms with Crippen molar-refractivity contribution >= 4 is 80.0 Å². The second-order valence-corrected chi connectivity index (χ2v) is 16.7. The van der Waals surface area contributed by atoms with Gasteiger partial charge in [0.1, 0.15) is 6.04 Å². The van der Waals surface area contributed by atoms with Gasteiger partial charge < -0.3 is 10.2 Å². The predicted octanol–water partition coefficient (Wildman–Crippen LogP) is 4.86. The van der Waals surface area contributed by atoms with E-state index in [9.17, 15) is 45.6 Å². The summed E-state index contributed by atoms with van der Waals surface area (Å²) in [5.74, 6) is -2.88. The Morgan fingerprint density at radius 3 is 2.23 bits per heavy atom. The lowest BCUT2D eigenvalue weighted by Gasteiger charge is -2.39. The quantitative estimate of drug-likeness (QED) is 0.255. The van der Waals surface area contributed by atoms with Crippen LogP contribution in [0.3, 0.4) is 0 Å². The van der Waals surface area contributed by atoms with Gasteiger partial charge in [0.25, 0.3) is 17.7 Å². The number of piperazine rings is 1. The Morgan fingerprint density at radius 2 is 1.56 bits per heavy atom. The van der Waals surface area contributed by atoms with Crippen molar-refractivity contribution in [3.63, 3.8) is 0 Å². The molecule has 3 fully saturated rings. The number of imide groups is 2. The Morgan fingerprint density at radius 1 is 0.860 bits per heavy atom. The SMILES string of the molecule is O=C1CCC(N2C(=O)c3cccc(N4CCN(CC5CCN(S(=O)(=O)Nc6ccc(Cl)cc6C(=O)Nc6ccc(C(F)(F)F)cc6Cl)CC5)CC4)c3C2=O)C(=O)N1. The van der Waals surface area contributed by atoms with Gasteiger partial charge in [-0.25, -0.2) is 0 Å². The molecule has 0 saturated carbocycles. The molecule has 3 aromatic rings. The molecule has 4 aliphatic rings. The topological polar surface area (TPSA) is 169 Å². The number of rotatable bonds is 9. The Hall–Kier alpha value is -4.75. The molecule has 1 atom stereocenters. The molecule has 1 unspecified atom stereocenters. The van der Waals surface area contributed by atoms with Gasteiger partial charge in [-0.2, -0.15) is 25.9 Å². The van der Waals surface area contributed by atoms with E-state index in [1.165, 1.54) is 22.5 Å². The van der Waals surface area contributed by atoms with E-state index in [4.69, 9.17) is 23.2 Å². The number of amides is 5. The predicted molar refractivity (Wildman–Crippen MR) is 204 cm³/mol. The van der Waals surface area contributed by atoms with Gasteiger partial charge in [0, 0.05) is 57.3 Å². The lowest BCUT2D eigenvalue weighted by atomic mass is 9.97. The Balaban J connectivity index is 0.928. The largest absolute Gasteiger partial charge is 0.416 e. The van der Waals surface area contributed by atoms with Crippen LogP contribution < -0.4 is 20.3 Å². The van der Waals surface area contributed by atoms with E-state index in [-0.39, 0.29) is 70.0 Å². The first-order valence-corrected chi connectivity index (χ1v) is 20.3. The second kappa shape index (κ2) is 15.9. The molecule has 0 aliphatic carbocycles. The van der Waals surface area contributed by atoms with E-state index in [2.05, 4.69) is 20.3 Å². The molecule has 14 nitrogen and oxygen atoms in total. The molecule has 3 N–H and O–H groups in total. The monoisotopic (exact) mass is 849 g/mol. The molecule has 0 radical (unpaired) electrons.